The van der Waals surface area contributed by atoms with Gasteiger partial charge in [0, 0.05) is 61.9 Å². The summed E-state index contributed by atoms with van der Waals surface area (Å²) in [6, 6.07) is 11.1. The molecule has 1 saturated heterocycles. The molecule has 2 aromatic heterocycles. The van der Waals surface area contributed by atoms with Crippen LogP contribution in [0.3, 0.4) is 0 Å². The number of anilines is 1. The molecule has 0 saturated carbocycles. The maximum Gasteiger partial charge on any atom is 0.253 e. The number of hydrogen-bond acceptors (Lipinski definition) is 6. The molecule has 1 atom stereocenters. The van der Waals surface area contributed by atoms with Crippen molar-refractivity contribution in [3.8, 4) is 0 Å². The van der Waals surface area contributed by atoms with Crippen LogP contribution in [0.4, 0.5) is 5.69 Å². The van der Waals surface area contributed by atoms with Crippen molar-refractivity contribution in [2.24, 2.45) is 5.73 Å². The van der Waals surface area contributed by atoms with Gasteiger partial charge in [0.1, 0.15) is 0 Å². The molecule has 156 valence electrons. The zero-order valence-electron chi connectivity index (χ0n) is 17.2. The molecule has 7 nitrogen and oxygen atoms in total. The summed E-state index contributed by atoms with van der Waals surface area (Å²) in [5.74, 6) is -0.109. The van der Waals surface area contributed by atoms with Crippen molar-refractivity contribution in [3.63, 3.8) is 0 Å². The van der Waals surface area contributed by atoms with E-state index in [1.807, 2.05) is 30.5 Å². The highest BCUT2D eigenvalue weighted by atomic mass is 16.3. The van der Waals surface area contributed by atoms with Gasteiger partial charge in [-0.25, -0.2) is 0 Å². The Hall–Kier alpha value is -3.03. The number of piperidine rings is 1. The first-order valence-electron chi connectivity index (χ1n) is 10.2. The first kappa shape index (κ1) is 20.3. The Kier molecular flexibility index (Phi) is 5.65. The third kappa shape index (κ3) is 4.13. The number of nitrogens with zero attached hydrogens (tertiary/aromatic N) is 4. The molecule has 1 amide bonds. The normalized spacial score (nSPS) is 19.1. The zero-order chi connectivity index (χ0) is 21.1. The van der Waals surface area contributed by atoms with Gasteiger partial charge in [0.15, 0.2) is 0 Å². The van der Waals surface area contributed by atoms with E-state index in [4.69, 9.17) is 5.73 Å². The van der Waals surface area contributed by atoms with Crippen molar-refractivity contribution >= 4 is 22.5 Å². The fourth-order valence-electron chi connectivity index (χ4n) is 4.21. The van der Waals surface area contributed by atoms with Crippen molar-refractivity contribution in [2.45, 2.75) is 25.0 Å². The largest absolute Gasteiger partial charge is 0.386 e. The van der Waals surface area contributed by atoms with E-state index >= 15 is 0 Å². The lowest BCUT2D eigenvalue weighted by Gasteiger charge is -2.42. The van der Waals surface area contributed by atoms with Crippen LogP contribution in [-0.2, 0) is 6.54 Å². The summed E-state index contributed by atoms with van der Waals surface area (Å²) < 4.78 is 0. The number of pyridine rings is 2. The van der Waals surface area contributed by atoms with E-state index in [2.05, 4.69) is 14.9 Å². The molecule has 7 heteroatoms. The molecule has 0 bridgehead atoms. The lowest BCUT2D eigenvalue weighted by atomic mass is 9.91. The summed E-state index contributed by atoms with van der Waals surface area (Å²) in [7, 11) is 1.74. The van der Waals surface area contributed by atoms with Gasteiger partial charge in [0.25, 0.3) is 5.91 Å². The molecule has 1 fully saturated rings. The van der Waals surface area contributed by atoms with Crippen molar-refractivity contribution in [3.05, 3.63) is 66.1 Å². The van der Waals surface area contributed by atoms with Gasteiger partial charge in [0.2, 0.25) is 0 Å². The Morgan fingerprint density at radius 2 is 2.03 bits per heavy atom. The predicted molar refractivity (Wildman–Crippen MR) is 117 cm³/mol. The molecule has 1 aliphatic heterocycles. The third-order valence-electron chi connectivity index (χ3n) is 5.73. The number of benzene rings is 1. The number of carbonyl (C=O) groups excluding carboxylic acids is 1. The van der Waals surface area contributed by atoms with Crippen LogP contribution >= 0.6 is 0 Å². The minimum atomic E-state index is -0.988. The van der Waals surface area contributed by atoms with Gasteiger partial charge in [-0.2, -0.15) is 0 Å². The number of likely N-dealkylation sites (N-methyl/N-ethyl adjacent to an activating group) is 1. The van der Waals surface area contributed by atoms with Crippen LogP contribution in [-0.4, -0.2) is 58.2 Å². The first-order chi connectivity index (χ1) is 14.5. The Morgan fingerprint density at radius 1 is 1.23 bits per heavy atom. The average molecular weight is 406 g/mol. The van der Waals surface area contributed by atoms with Gasteiger partial charge in [-0.1, -0.05) is 12.1 Å². The van der Waals surface area contributed by atoms with E-state index in [0.29, 0.717) is 25.1 Å². The van der Waals surface area contributed by atoms with E-state index in [1.165, 1.54) is 0 Å². The number of carbonyl (C=O) groups is 1. The highest BCUT2D eigenvalue weighted by molar-refractivity contribution is 5.94. The second kappa shape index (κ2) is 8.38. The summed E-state index contributed by atoms with van der Waals surface area (Å²) in [6.45, 7) is 2.00. The molecular formula is C23H27N5O2. The molecule has 30 heavy (non-hydrogen) atoms. The number of aromatic nitrogens is 2. The highest BCUT2D eigenvalue weighted by Crippen LogP contribution is 2.31. The lowest BCUT2D eigenvalue weighted by Crippen LogP contribution is -2.54. The van der Waals surface area contributed by atoms with Gasteiger partial charge in [-0.3, -0.25) is 14.8 Å². The summed E-state index contributed by atoms with van der Waals surface area (Å²) in [4.78, 5) is 25.2. The predicted octanol–water partition coefficient (Wildman–Crippen LogP) is 2.19. The first-order valence-corrected chi connectivity index (χ1v) is 10.2. The zero-order valence-corrected chi connectivity index (χ0v) is 17.2. The fraction of sp³-hybridized carbons (Fsp3) is 0.348. The van der Waals surface area contributed by atoms with Crippen LogP contribution in [0.15, 0.2) is 55.0 Å². The summed E-state index contributed by atoms with van der Waals surface area (Å²) >= 11 is 0. The number of fused-ring (bicyclic) bond motifs is 1. The summed E-state index contributed by atoms with van der Waals surface area (Å²) in [5.41, 5.74) is 8.11. The Labute approximate surface area is 176 Å². The lowest BCUT2D eigenvalue weighted by molar-refractivity contribution is 0.0000677. The minimum Gasteiger partial charge on any atom is -0.386 e. The van der Waals surface area contributed by atoms with Crippen molar-refractivity contribution < 1.29 is 9.90 Å². The van der Waals surface area contributed by atoms with Crippen LogP contribution < -0.4 is 10.6 Å². The van der Waals surface area contributed by atoms with Crippen molar-refractivity contribution in [1.82, 2.24) is 14.9 Å². The van der Waals surface area contributed by atoms with Gasteiger partial charge < -0.3 is 20.6 Å². The SMILES string of the molecule is CN(C[C@@]1(O)CCCN(c2ccnc3ccncc23)C1)C(=O)c1ccc(CN)cc1. The van der Waals surface area contributed by atoms with E-state index in [-0.39, 0.29) is 12.5 Å². The van der Waals surface area contributed by atoms with Crippen LogP contribution in [0, 0.1) is 0 Å². The Morgan fingerprint density at radius 3 is 2.80 bits per heavy atom. The topological polar surface area (TPSA) is 95.6 Å². The van der Waals surface area contributed by atoms with Crippen LogP contribution in [0.5, 0.6) is 0 Å². The maximum absolute atomic E-state index is 12.8. The Bertz CT molecular complexity index is 1030. The summed E-state index contributed by atoms with van der Waals surface area (Å²) in [5, 5.41) is 12.3. The van der Waals surface area contributed by atoms with E-state index < -0.39 is 5.60 Å². The average Bonchev–Trinajstić information content (AvgIpc) is 2.78. The number of nitrogens with two attached hydrogens (primary N) is 1. The smallest absolute Gasteiger partial charge is 0.253 e. The minimum absolute atomic E-state index is 0.109. The molecule has 0 spiro atoms. The fourth-order valence-corrected chi connectivity index (χ4v) is 4.21. The van der Waals surface area contributed by atoms with Crippen LogP contribution in [0.1, 0.15) is 28.8 Å². The highest BCUT2D eigenvalue weighted by Gasteiger charge is 2.36. The number of amides is 1. The third-order valence-corrected chi connectivity index (χ3v) is 5.73. The van der Waals surface area contributed by atoms with E-state index in [1.54, 1.807) is 36.5 Å². The van der Waals surface area contributed by atoms with E-state index in [0.717, 1.165) is 35.1 Å². The van der Waals surface area contributed by atoms with Crippen LogP contribution in [0.2, 0.25) is 0 Å². The molecule has 1 aromatic carbocycles. The monoisotopic (exact) mass is 405 g/mol. The Balaban J connectivity index is 1.50. The van der Waals surface area contributed by atoms with E-state index in [9.17, 15) is 9.90 Å². The number of rotatable bonds is 5. The van der Waals surface area contributed by atoms with Crippen LogP contribution in [0.25, 0.3) is 10.9 Å². The quantitative estimate of drug-likeness (QED) is 0.676. The van der Waals surface area contributed by atoms with Gasteiger partial charge in [0.05, 0.1) is 17.7 Å². The molecule has 0 unspecified atom stereocenters. The number of hydrogen-bond donors (Lipinski definition) is 2. The van der Waals surface area contributed by atoms with Gasteiger partial charge >= 0.3 is 0 Å². The molecule has 0 radical (unpaired) electrons. The molecule has 1 aliphatic rings. The number of aliphatic hydroxyl groups is 1. The van der Waals surface area contributed by atoms with Crippen molar-refractivity contribution in [1.29, 1.82) is 0 Å². The molecule has 3 heterocycles. The number of β-amino-alcohol motifs (C(OH)–C–C–N with tert-alkyl or cyclic N) is 1. The molecule has 0 aliphatic carbocycles. The molecular weight excluding hydrogens is 378 g/mol. The standard InChI is InChI=1S/C23H27N5O2/c1-27(22(29)18-5-3-17(13-24)4-6-18)15-23(30)9-2-12-28(16-23)21-8-11-26-20-7-10-25-14-19(20)21/h3-8,10-11,14,30H,2,9,12-13,15-16,24H2,1H3/t23-/m0/s1. The molecule has 4 rings (SSSR count). The second-order valence-electron chi connectivity index (χ2n) is 8.03. The van der Waals surface area contributed by atoms with Gasteiger partial charge in [-0.15, -0.1) is 0 Å². The second-order valence-corrected chi connectivity index (χ2v) is 8.03. The van der Waals surface area contributed by atoms with Crippen molar-refractivity contribution in [2.75, 3.05) is 31.6 Å². The summed E-state index contributed by atoms with van der Waals surface area (Å²) in [6.07, 6.45) is 6.81. The molecule has 3 N–H and O–H groups in total. The maximum atomic E-state index is 12.8. The molecule has 3 aromatic rings. The van der Waals surface area contributed by atoms with Gasteiger partial charge in [-0.05, 0) is 42.7 Å².